The van der Waals surface area contributed by atoms with E-state index in [0.29, 0.717) is 4.90 Å². The van der Waals surface area contributed by atoms with Crippen molar-refractivity contribution in [3.05, 3.63) is 58.1 Å². The molecule has 0 atom stereocenters. The maximum atomic E-state index is 12.4. The van der Waals surface area contributed by atoms with Crippen molar-refractivity contribution in [3.63, 3.8) is 0 Å². The fourth-order valence-electron chi connectivity index (χ4n) is 2.13. The molecule has 2 aromatic carbocycles. The summed E-state index contributed by atoms with van der Waals surface area (Å²) >= 11 is 1.15. The van der Waals surface area contributed by atoms with E-state index >= 15 is 0 Å². The number of benzene rings is 2. The third kappa shape index (κ3) is 5.64. The third-order valence-electron chi connectivity index (χ3n) is 3.32. The normalized spacial score (nSPS) is 10.4. The van der Waals surface area contributed by atoms with Gasteiger partial charge in [-0.05, 0) is 30.5 Å². The molecule has 0 saturated heterocycles. The molecule has 8 nitrogen and oxygen atoms in total. The maximum Gasteiger partial charge on any atom is 0.387 e. The van der Waals surface area contributed by atoms with E-state index in [1.54, 1.807) is 6.26 Å². The van der Waals surface area contributed by atoms with Crippen LogP contribution in [0.25, 0.3) is 0 Å². The van der Waals surface area contributed by atoms with Crippen molar-refractivity contribution in [2.45, 2.75) is 11.5 Å². The number of esters is 1. The minimum Gasteiger partial charge on any atom is -0.452 e. The molecule has 0 fully saturated rings. The van der Waals surface area contributed by atoms with Crippen LogP contribution in [-0.4, -0.2) is 36.3 Å². The number of carbonyl (C=O) groups is 2. The van der Waals surface area contributed by atoms with Crippen molar-refractivity contribution >= 4 is 35.0 Å². The highest BCUT2D eigenvalue weighted by atomic mass is 32.2. The molecule has 1 amide bonds. The molecule has 0 heterocycles. The van der Waals surface area contributed by atoms with Gasteiger partial charge in [0, 0.05) is 6.07 Å². The van der Waals surface area contributed by atoms with Gasteiger partial charge in [-0.25, -0.2) is 4.79 Å². The molecule has 2 rings (SSSR count). The molecule has 0 aliphatic carbocycles. The van der Waals surface area contributed by atoms with Gasteiger partial charge in [0.15, 0.2) is 6.61 Å². The predicted octanol–water partition coefficient (Wildman–Crippen LogP) is 3.71. The fourth-order valence-corrected chi connectivity index (χ4v) is 2.68. The lowest BCUT2D eigenvalue weighted by molar-refractivity contribution is -0.387. The van der Waals surface area contributed by atoms with Crippen LogP contribution in [0.1, 0.15) is 10.4 Å². The standard InChI is InChI=1S/C17H14F2N2O6S/c1-28-14-7-6-10(8-12(14)21(24)25)16(23)26-9-15(22)20-11-4-2-3-5-13(11)27-17(18)19/h2-8,17H,9H2,1H3,(H,20,22). The molecule has 148 valence electrons. The van der Waals surface area contributed by atoms with Gasteiger partial charge >= 0.3 is 12.6 Å². The number of nitro benzene ring substituents is 1. The monoisotopic (exact) mass is 412 g/mol. The molecule has 2 aromatic rings. The lowest BCUT2D eigenvalue weighted by Gasteiger charge is -2.11. The third-order valence-corrected chi connectivity index (χ3v) is 4.11. The van der Waals surface area contributed by atoms with Gasteiger partial charge in [0.1, 0.15) is 5.75 Å². The van der Waals surface area contributed by atoms with Crippen LogP contribution >= 0.6 is 11.8 Å². The summed E-state index contributed by atoms with van der Waals surface area (Å²) in [6, 6.07) is 9.30. The van der Waals surface area contributed by atoms with E-state index in [0.717, 1.165) is 17.8 Å². The number of nitrogens with zero attached hydrogens (tertiary/aromatic N) is 1. The van der Waals surface area contributed by atoms with Gasteiger partial charge in [0.25, 0.3) is 11.6 Å². The topological polar surface area (TPSA) is 108 Å². The summed E-state index contributed by atoms with van der Waals surface area (Å²) in [5, 5.41) is 13.3. The zero-order valence-electron chi connectivity index (χ0n) is 14.4. The first-order valence-corrected chi connectivity index (χ1v) is 8.87. The van der Waals surface area contributed by atoms with Crippen LogP contribution in [0, 0.1) is 10.1 Å². The van der Waals surface area contributed by atoms with Gasteiger partial charge in [0.2, 0.25) is 0 Å². The molecule has 1 N–H and O–H groups in total. The smallest absolute Gasteiger partial charge is 0.387 e. The molecule has 0 bridgehead atoms. The maximum absolute atomic E-state index is 12.4. The van der Waals surface area contributed by atoms with Crippen molar-refractivity contribution in [1.29, 1.82) is 0 Å². The minimum atomic E-state index is -3.07. The Kier molecular flexibility index (Phi) is 7.27. The van der Waals surface area contributed by atoms with Crippen molar-refractivity contribution < 1.29 is 32.8 Å². The molecule has 0 aliphatic rings. The van der Waals surface area contributed by atoms with Crippen LogP contribution in [0.4, 0.5) is 20.2 Å². The lowest BCUT2D eigenvalue weighted by Crippen LogP contribution is -2.21. The Morgan fingerprint density at radius 2 is 1.96 bits per heavy atom. The van der Waals surface area contributed by atoms with E-state index in [-0.39, 0.29) is 22.7 Å². The van der Waals surface area contributed by atoms with E-state index in [1.807, 2.05) is 0 Å². The summed E-state index contributed by atoms with van der Waals surface area (Å²) in [6.07, 6.45) is 1.65. The number of thioether (sulfide) groups is 1. The Hall–Kier alpha value is -3.21. The lowest BCUT2D eigenvalue weighted by atomic mass is 10.2. The largest absolute Gasteiger partial charge is 0.452 e. The summed E-state index contributed by atoms with van der Waals surface area (Å²) in [7, 11) is 0. The number of hydrogen-bond acceptors (Lipinski definition) is 7. The van der Waals surface area contributed by atoms with Gasteiger partial charge in [-0.1, -0.05) is 12.1 Å². The number of anilines is 1. The molecule has 0 unspecified atom stereocenters. The molecule has 0 saturated carbocycles. The van der Waals surface area contributed by atoms with Gasteiger partial charge in [-0.3, -0.25) is 14.9 Å². The average molecular weight is 412 g/mol. The second-order valence-electron chi connectivity index (χ2n) is 5.14. The van der Waals surface area contributed by atoms with Crippen molar-refractivity contribution in [2.24, 2.45) is 0 Å². The second kappa shape index (κ2) is 9.65. The van der Waals surface area contributed by atoms with Crippen molar-refractivity contribution in [1.82, 2.24) is 0 Å². The molecule has 28 heavy (non-hydrogen) atoms. The fraction of sp³-hybridized carbons (Fsp3) is 0.176. The zero-order chi connectivity index (χ0) is 20.7. The molecule has 0 spiro atoms. The number of halogens is 2. The van der Waals surface area contributed by atoms with Crippen molar-refractivity contribution in [2.75, 3.05) is 18.2 Å². The Labute approximate surface area is 162 Å². The van der Waals surface area contributed by atoms with Crippen molar-refractivity contribution in [3.8, 4) is 5.75 Å². The van der Waals surface area contributed by atoms with Crippen LogP contribution in [0.2, 0.25) is 0 Å². The summed E-state index contributed by atoms with van der Waals surface area (Å²) in [5.74, 6) is -1.99. The summed E-state index contributed by atoms with van der Waals surface area (Å²) in [5.41, 5.74) is -0.382. The number of hydrogen-bond donors (Lipinski definition) is 1. The first-order chi connectivity index (χ1) is 13.3. The molecular weight excluding hydrogens is 398 g/mol. The van der Waals surface area contributed by atoms with E-state index in [4.69, 9.17) is 4.74 Å². The number of nitrogens with one attached hydrogen (secondary N) is 1. The zero-order valence-corrected chi connectivity index (χ0v) is 15.2. The number of alkyl halides is 2. The second-order valence-corrected chi connectivity index (χ2v) is 5.99. The number of para-hydroxylation sites is 2. The van der Waals surface area contributed by atoms with Gasteiger partial charge in [-0.2, -0.15) is 8.78 Å². The highest BCUT2D eigenvalue weighted by molar-refractivity contribution is 7.98. The van der Waals surface area contributed by atoms with Crippen LogP contribution in [0.15, 0.2) is 47.4 Å². The Morgan fingerprint density at radius 1 is 1.25 bits per heavy atom. The summed E-state index contributed by atoms with van der Waals surface area (Å²) in [6.45, 7) is -3.80. The van der Waals surface area contributed by atoms with Gasteiger partial charge in [-0.15, -0.1) is 11.8 Å². The number of nitro groups is 1. The van der Waals surface area contributed by atoms with E-state index in [2.05, 4.69) is 10.1 Å². The minimum absolute atomic E-state index is 0.0242. The number of carbonyl (C=O) groups excluding carboxylic acids is 2. The summed E-state index contributed by atoms with van der Waals surface area (Å²) in [4.78, 5) is 34.7. The number of amides is 1. The quantitative estimate of drug-likeness (QED) is 0.305. The van der Waals surface area contributed by atoms with E-state index < -0.39 is 30.0 Å². The number of rotatable bonds is 8. The Balaban J connectivity index is 2.01. The molecular formula is C17H14F2N2O6S. The SMILES string of the molecule is CSc1ccc(C(=O)OCC(=O)Nc2ccccc2OC(F)F)cc1[N+](=O)[O-]. The molecule has 0 aromatic heterocycles. The highest BCUT2D eigenvalue weighted by Gasteiger charge is 2.19. The molecule has 11 heteroatoms. The average Bonchev–Trinajstić information content (AvgIpc) is 2.66. The van der Waals surface area contributed by atoms with Crippen LogP contribution in [0.3, 0.4) is 0 Å². The number of ether oxygens (including phenoxy) is 2. The van der Waals surface area contributed by atoms with Gasteiger partial charge < -0.3 is 14.8 Å². The first-order valence-electron chi connectivity index (χ1n) is 7.65. The van der Waals surface area contributed by atoms with Crippen LogP contribution in [0.5, 0.6) is 5.75 Å². The van der Waals surface area contributed by atoms with Gasteiger partial charge in [0.05, 0.1) is 21.1 Å². The van der Waals surface area contributed by atoms with Crippen LogP contribution in [-0.2, 0) is 9.53 Å². The molecule has 0 radical (unpaired) electrons. The Morgan fingerprint density at radius 3 is 2.61 bits per heavy atom. The van der Waals surface area contributed by atoms with E-state index in [1.165, 1.54) is 36.4 Å². The predicted molar refractivity (Wildman–Crippen MR) is 96.9 cm³/mol. The Bertz CT molecular complexity index is 894. The van der Waals surface area contributed by atoms with Crippen LogP contribution < -0.4 is 10.1 Å². The first kappa shape index (κ1) is 21.1. The molecule has 0 aliphatic heterocycles. The highest BCUT2D eigenvalue weighted by Crippen LogP contribution is 2.28. The summed E-state index contributed by atoms with van der Waals surface area (Å²) < 4.78 is 33.8. The van der Waals surface area contributed by atoms with E-state index in [9.17, 15) is 28.5 Å².